The van der Waals surface area contributed by atoms with Crippen LogP contribution in [0.5, 0.6) is 0 Å². The van der Waals surface area contributed by atoms with Crippen LogP contribution in [0.15, 0.2) is 24.3 Å². The second-order valence-corrected chi connectivity index (χ2v) is 3.02. The van der Waals surface area contributed by atoms with Crippen LogP contribution in [0.4, 0.5) is 0 Å². The SMILES string of the molecule is CCOC(=O)c1ccc(C(=O)OCC)cc1.[2H]S[3H]. The smallest absolute Gasteiger partial charge is 0.338 e. The predicted molar refractivity (Wildman–Crippen MR) is 68.7 cm³/mol. The third-order valence-corrected chi connectivity index (χ3v) is 1.91. The fourth-order valence-electron chi connectivity index (χ4n) is 1.17. The monoisotopic (exact) mass is 259 g/mol. The quantitative estimate of drug-likeness (QED) is 0.777. The van der Waals surface area contributed by atoms with Gasteiger partial charge in [-0.1, -0.05) is 0 Å². The fourth-order valence-corrected chi connectivity index (χ4v) is 1.17. The first-order valence-corrected chi connectivity index (χ1v) is 5.13. The normalized spacial score (nSPS) is 10.2. The van der Waals surface area contributed by atoms with Crippen LogP contribution in [0.2, 0.25) is 0 Å². The van der Waals surface area contributed by atoms with Crippen LogP contribution < -0.4 is 0 Å². The molecule has 1 aromatic carbocycles. The molecule has 0 saturated carbocycles. The second kappa shape index (κ2) is 7.73. The van der Waals surface area contributed by atoms with Gasteiger partial charge in [0, 0.05) is 0 Å². The van der Waals surface area contributed by atoms with Gasteiger partial charge in [-0.2, -0.15) is 13.3 Å². The topological polar surface area (TPSA) is 52.6 Å². The maximum absolute atomic E-state index is 11.3. The zero-order valence-electron chi connectivity index (χ0n) is 11.8. The lowest BCUT2D eigenvalue weighted by Gasteiger charge is -2.03. The molecule has 0 heterocycles. The molecule has 0 saturated heterocycles. The lowest BCUT2D eigenvalue weighted by atomic mass is 10.1. The van der Waals surface area contributed by atoms with Crippen LogP contribution >= 0.6 is 13.3 Å². The summed E-state index contributed by atoms with van der Waals surface area (Å²) in [5.74, 6) is -0.782. The van der Waals surface area contributed by atoms with Gasteiger partial charge >= 0.3 is 11.9 Å². The maximum atomic E-state index is 11.3. The van der Waals surface area contributed by atoms with E-state index >= 15 is 0 Å². The number of ether oxygens (including phenoxy) is 2. The van der Waals surface area contributed by atoms with Crippen molar-refractivity contribution in [2.24, 2.45) is 0 Å². The molecule has 0 amide bonds. The highest BCUT2D eigenvalue weighted by molar-refractivity contribution is 7.59. The third-order valence-electron chi connectivity index (χ3n) is 1.91. The lowest BCUT2D eigenvalue weighted by Crippen LogP contribution is -2.07. The van der Waals surface area contributed by atoms with Gasteiger partial charge < -0.3 is 9.47 Å². The molecule has 94 valence electrons. The summed E-state index contributed by atoms with van der Waals surface area (Å²) in [7, 11) is 0. The van der Waals surface area contributed by atoms with Crippen molar-refractivity contribution in [3.05, 3.63) is 35.4 Å². The van der Waals surface area contributed by atoms with Crippen molar-refractivity contribution in [3.63, 3.8) is 0 Å². The number of carbonyl (C=O) groups excluding carboxylic acids is 2. The standard InChI is InChI=1S/C12H14O4.H2S/c1-3-15-11(13)9-5-7-10(8-6-9)12(14)16-4-2;/h5-8H,3-4H2,1-2H3;1H2/i/hTD. The van der Waals surface area contributed by atoms with E-state index in [1.165, 1.54) is 0 Å². The Kier molecular flexibility index (Phi) is 5.45. The molecule has 1 rings (SSSR count). The Morgan fingerprint density at radius 1 is 1.18 bits per heavy atom. The summed E-state index contributed by atoms with van der Waals surface area (Å²) < 4.78 is 21.2. The van der Waals surface area contributed by atoms with E-state index in [1.54, 1.807) is 38.1 Å². The minimum absolute atomic E-state index is 0.250. The van der Waals surface area contributed by atoms with E-state index < -0.39 is 11.9 Å². The van der Waals surface area contributed by atoms with Gasteiger partial charge in [0.1, 0.15) is 0 Å². The van der Waals surface area contributed by atoms with Gasteiger partial charge in [0.2, 0.25) is 0 Å². The highest BCUT2D eigenvalue weighted by Gasteiger charge is 2.09. The summed E-state index contributed by atoms with van der Waals surface area (Å²) in [4.78, 5) is 22.6. The minimum Gasteiger partial charge on any atom is -0.462 e. The summed E-state index contributed by atoms with van der Waals surface area (Å²) in [6.45, 7) is 4.15. The first-order valence-electron chi connectivity index (χ1n) is 5.95. The van der Waals surface area contributed by atoms with Crippen LogP contribution in [0, 0.1) is 0 Å². The molecule has 4 nitrogen and oxygen atoms in total. The zero-order valence-corrected chi connectivity index (χ0v) is 10.6. The van der Waals surface area contributed by atoms with E-state index in [9.17, 15) is 9.59 Å². The Bertz CT molecular complexity index is 358. The molecule has 0 N–H and O–H groups in total. The average molecular weight is 259 g/mol. The number of benzene rings is 1. The molecule has 0 aliphatic rings. The Labute approximate surface area is 110 Å². The van der Waals surface area contributed by atoms with Crippen molar-refractivity contribution in [1.82, 2.24) is 0 Å². The van der Waals surface area contributed by atoms with E-state index in [2.05, 4.69) is 0 Å². The van der Waals surface area contributed by atoms with Crippen molar-refractivity contribution in [3.8, 4) is 0 Å². The van der Waals surface area contributed by atoms with Crippen LogP contribution in [-0.4, -0.2) is 27.4 Å². The average Bonchev–Trinajstić information content (AvgIpc) is 2.40. The molecule has 0 atom stereocenters. The number of esters is 2. The summed E-state index contributed by atoms with van der Waals surface area (Å²) in [5.41, 5.74) is 0.852. The van der Waals surface area contributed by atoms with Crippen molar-refractivity contribution >= 4 is 25.2 Å². The number of carbonyl (C=O) groups is 2. The zero-order chi connectivity index (χ0) is 14.7. The number of hydrogen-bond acceptors (Lipinski definition) is 4. The number of rotatable bonds is 4. The molecular formula is C12H16O4S. The fraction of sp³-hybridized carbons (Fsp3) is 0.333. The lowest BCUT2D eigenvalue weighted by molar-refractivity contribution is 0.0511. The molecule has 1 aromatic rings. The third kappa shape index (κ3) is 4.48. The summed E-state index contributed by atoms with van der Waals surface area (Å²) >= 11 is 0.250. The maximum Gasteiger partial charge on any atom is 0.338 e. The predicted octanol–water partition coefficient (Wildman–Crippen LogP) is 2.15. The minimum atomic E-state index is -0.391. The van der Waals surface area contributed by atoms with E-state index in [1.807, 2.05) is 0 Å². The molecule has 0 bridgehead atoms. The van der Waals surface area contributed by atoms with Gasteiger partial charge in [-0.15, -0.1) is 0 Å². The molecule has 0 aliphatic heterocycles. The summed E-state index contributed by atoms with van der Waals surface area (Å²) in [6, 6.07) is 6.18. The Hall–Kier alpha value is -1.49. The van der Waals surface area contributed by atoms with E-state index in [4.69, 9.17) is 11.7 Å². The van der Waals surface area contributed by atoms with Crippen molar-refractivity contribution < 1.29 is 19.1 Å². The summed E-state index contributed by atoms with van der Waals surface area (Å²) in [6.07, 6.45) is 0. The van der Waals surface area contributed by atoms with Crippen LogP contribution in [-0.2, 0) is 9.47 Å². The first-order chi connectivity index (χ1) is 9.10. The van der Waals surface area contributed by atoms with Gasteiger partial charge in [-0.3, -0.25) is 0 Å². The molecule has 17 heavy (non-hydrogen) atoms. The molecule has 0 fully saturated rings. The largest absolute Gasteiger partial charge is 0.462 e. The highest BCUT2D eigenvalue weighted by atomic mass is 32.1. The Morgan fingerprint density at radius 3 is 1.71 bits per heavy atom. The highest BCUT2D eigenvalue weighted by Crippen LogP contribution is 2.07. The Morgan fingerprint density at radius 2 is 1.47 bits per heavy atom. The number of hydrogen-bond donors (Lipinski definition) is 0. The van der Waals surface area contributed by atoms with Crippen LogP contribution in [0.3, 0.4) is 0 Å². The van der Waals surface area contributed by atoms with Gasteiger partial charge in [0.25, 0.3) is 0 Å². The van der Waals surface area contributed by atoms with Gasteiger partial charge in [0.05, 0.1) is 26.6 Å². The van der Waals surface area contributed by atoms with Crippen molar-refractivity contribution in [2.75, 3.05) is 13.2 Å². The van der Waals surface area contributed by atoms with E-state index in [0.29, 0.717) is 24.3 Å². The van der Waals surface area contributed by atoms with Gasteiger partial charge in [0.15, 0.2) is 0 Å². The molecule has 0 radical (unpaired) electrons. The Balaban J connectivity index is 0.000000982. The van der Waals surface area contributed by atoms with Crippen LogP contribution in [0.1, 0.15) is 34.6 Å². The molecule has 0 spiro atoms. The van der Waals surface area contributed by atoms with Crippen LogP contribution in [0.25, 0.3) is 0 Å². The molecule has 0 unspecified atom stereocenters. The van der Waals surface area contributed by atoms with Gasteiger partial charge in [-0.05, 0) is 38.1 Å². The second-order valence-electron chi connectivity index (χ2n) is 3.02. The van der Waals surface area contributed by atoms with Gasteiger partial charge in [-0.25, -0.2) is 9.59 Å². The summed E-state index contributed by atoms with van der Waals surface area (Å²) in [5, 5.41) is 0. The molecule has 5 heteroatoms. The van der Waals surface area contributed by atoms with Crippen molar-refractivity contribution in [1.29, 1.82) is 2.25 Å². The first kappa shape index (κ1) is 12.0. The van der Waals surface area contributed by atoms with E-state index in [0.717, 1.165) is 0 Å². The molecule has 0 aliphatic carbocycles. The van der Waals surface area contributed by atoms with Crippen molar-refractivity contribution in [2.45, 2.75) is 13.8 Å². The molecule has 0 aromatic heterocycles. The van der Waals surface area contributed by atoms with E-state index in [-0.39, 0.29) is 13.3 Å². The molecular weight excluding hydrogens is 240 g/mol.